The molecule has 35 heavy (non-hydrogen) atoms. The number of ether oxygens (including phenoxy) is 3. The second kappa shape index (κ2) is 10.7. The van der Waals surface area contributed by atoms with E-state index in [4.69, 9.17) is 19.2 Å². The summed E-state index contributed by atoms with van der Waals surface area (Å²) < 4.78 is 17.3. The predicted molar refractivity (Wildman–Crippen MR) is 141 cm³/mol. The third-order valence-electron chi connectivity index (χ3n) is 6.54. The van der Waals surface area contributed by atoms with E-state index >= 15 is 0 Å². The van der Waals surface area contributed by atoms with Crippen molar-refractivity contribution >= 4 is 40.3 Å². The van der Waals surface area contributed by atoms with Gasteiger partial charge < -0.3 is 19.1 Å². The molecule has 0 aliphatic carbocycles. The molecule has 0 spiro atoms. The number of para-hydroxylation sites is 1. The number of thioether (sulfide) groups is 1. The fraction of sp³-hybridized carbons (Fsp3) is 0.407. The zero-order chi connectivity index (χ0) is 24.2. The van der Waals surface area contributed by atoms with Crippen molar-refractivity contribution in [1.82, 2.24) is 4.90 Å². The van der Waals surface area contributed by atoms with Gasteiger partial charge in [-0.3, -0.25) is 9.69 Å². The van der Waals surface area contributed by atoms with E-state index in [1.165, 1.54) is 24.6 Å². The minimum Gasteiger partial charge on any atom is -0.496 e. The molecule has 2 aromatic rings. The van der Waals surface area contributed by atoms with Gasteiger partial charge in [-0.15, -0.1) is 0 Å². The molecule has 3 fully saturated rings. The molecule has 5 rings (SSSR count). The Labute approximate surface area is 210 Å². The molecule has 8 heteroatoms. The van der Waals surface area contributed by atoms with Crippen LogP contribution in [-0.2, 0) is 9.53 Å². The quantitative estimate of drug-likeness (QED) is 0.501. The molecule has 3 saturated heterocycles. The second-order valence-corrected chi connectivity index (χ2v) is 9.86. The Bertz CT molecular complexity index is 1120. The summed E-state index contributed by atoms with van der Waals surface area (Å²) in [6.07, 6.45) is 6.24. The second-order valence-electron chi connectivity index (χ2n) is 8.85. The highest BCUT2D eigenvalue weighted by Crippen LogP contribution is 2.41. The van der Waals surface area contributed by atoms with Crippen molar-refractivity contribution < 1.29 is 19.0 Å². The van der Waals surface area contributed by atoms with Crippen LogP contribution in [0.15, 0.2) is 52.4 Å². The van der Waals surface area contributed by atoms with Gasteiger partial charge in [-0.05, 0) is 61.7 Å². The summed E-state index contributed by atoms with van der Waals surface area (Å²) in [6, 6.07) is 13.7. The molecule has 1 amide bonds. The van der Waals surface area contributed by atoms with Crippen molar-refractivity contribution in [2.45, 2.75) is 31.8 Å². The van der Waals surface area contributed by atoms with Crippen LogP contribution in [0, 0.1) is 0 Å². The SMILES string of the molecule is COc1cc(N2CCCC2)c(OC)cc1/C=C1/SC(=Nc2ccccc2)N(C[C@H]2CCCO2)C1=O. The van der Waals surface area contributed by atoms with Gasteiger partial charge in [-0.25, -0.2) is 4.99 Å². The average Bonchev–Trinajstić information content (AvgIpc) is 3.65. The number of hydrogen-bond acceptors (Lipinski definition) is 7. The monoisotopic (exact) mass is 493 g/mol. The molecule has 184 valence electrons. The van der Waals surface area contributed by atoms with Gasteiger partial charge in [-0.2, -0.15) is 0 Å². The highest BCUT2D eigenvalue weighted by molar-refractivity contribution is 8.18. The van der Waals surface area contributed by atoms with Crippen LogP contribution in [0.1, 0.15) is 31.2 Å². The Morgan fingerprint density at radius 2 is 1.86 bits per heavy atom. The number of carbonyl (C=O) groups excluding carboxylic acids is 1. The van der Waals surface area contributed by atoms with Gasteiger partial charge in [0.15, 0.2) is 5.17 Å². The first-order valence-electron chi connectivity index (χ1n) is 12.1. The van der Waals surface area contributed by atoms with E-state index in [0.717, 1.165) is 55.2 Å². The highest BCUT2D eigenvalue weighted by Gasteiger charge is 2.36. The number of amides is 1. The molecule has 0 saturated carbocycles. The Kier molecular flexibility index (Phi) is 7.29. The highest BCUT2D eigenvalue weighted by atomic mass is 32.2. The number of methoxy groups -OCH3 is 2. The molecular weight excluding hydrogens is 462 g/mol. The number of hydrogen-bond donors (Lipinski definition) is 0. The lowest BCUT2D eigenvalue weighted by atomic mass is 10.1. The van der Waals surface area contributed by atoms with E-state index < -0.39 is 0 Å². The summed E-state index contributed by atoms with van der Waals surface area (Å²) in [5.74, 6) is 1.43. The van der Waals surface area contributed by atoms with Crippen LogP contribution < -0.4 is 14.4 Å². The van der Waals surface area contributed by atoms with Gasteiger partial charge in [0.1, 0.15) is 11.5 Å². The molecule has 0 bridgehead atoms. The van der Waals surface area contributed by atoms with E-state index in [9.17, 15) is 4.79 Å². The Morgan fingerprint density at radius 1 is 1.09 bits per heavy atom. The van der Waals surface area contributed by atoms with Crippen molar-refractivity contribution in [1.29, 1.82) is 0 Å². The first kappa shape index (κ1) is 23.8. The summed E-state index contributed by atoms with van der Waals surface area (Å²) in [4.78, 5) is 23.0. The number of rotatable bonds is 7. The molecule has 3 heterocycles. The van der Waals surface area contributed by atoms with Crippen LogP contribution in [0.3, 0.4) is 0 Å². The largest absolute Gasteiger partial charge is 0.496 e. The van der Waals surface area contributed by atoms with Crippen molar-refractivity contribution in [3.05, 3.63) is 52.9 Å². The molecule has 7 nitrogen and oxygen atoms in total. The van der Waals surface area contributed by atoms with Crippen LogP contribution in [0.4, 0.5) is 11.4 Å². The van der Waals surface area contributed by atoms with Crippen LogP contribution in [0.2, 0.25) is 0 Å². The topological polar surface area (TPSA) is 63.6 Å². The van der Waals surface area contributed by atoms with Crippen LogP contribution >= 0.6 is 11.8 Å². The maximum absolute atomic E-state index is 13.5. The van der Waals surface area contributed by atoms with Gasteiger partial charge in [0, 0.05) is 31.3 Å². The molecule has 0 unspecified atom stereocenters. The van der Waals surface area contributed by atoms with Crippen molar-refractivity contribution in [3.8, 4) is 11.5 Å². The maximum Gasteiger partial charge on any atom is 0.266 e. The lowest BCUT2D eigenvalue weighted by molar-refractivity contribution is -0.123. The van der Waals surface area contributed by atoms with Gasteiger partial charge >= 0.3 is 0 Å². The van der Waals surface area contributed by atoms with Crippen molar-refractivity contribution in [3.63, 3.8) is 0 Å². The van der Waals surface area contributed by atoms with E-state index in [2.05, 4.69) is 4.90 Å². The summed E-state index contributed by atoms with van der Waals surface area (Å²) in [5.41, 5.74) is 2.65. The zero-order valence-corrected chi connectivity index (χ0v) is 21.1. The van der Waals surface area contributed by atoms with E-state index in [0.29, 0.717) is 22.4 Å². The smallest absolute Gasteiger partial charge is 0.266 e. The third kappa shape index (κ3) is 5.18. The number of benzene rings is 2. The minimum absolute atomic E-state index is 0.0363. The van der Waals surface area contributed by atoms with Gasteiger partial charge in [-0.1, -0.05) is 18.2 Å². The molecule has 1 atom stereocenters. The van der Waals surface area contributed by atoms with E-state index in [1.54, 1.807) is 19.1 Å². The first-order chi connectivity index (χ1) is 17.2. The maximum atomic E-state index is 13.5. The fourth-order valence-corrected chi connectivity index (χ4v) is 5.72. The number of aliphatic imine (C=N–C) groups is 1. The van der Waals surface area contributed by atoms with Crippen molar-refractivity contribution in [2.24, 2.45) is 4.99 Å². The summed E-state index contributed by atoms with van der Waals surface area (Å²) in [5, 5.41) is 0.669. The number of nitrogens with zero attached hydrogens (tertiary/aromatic N) is 3. The van der Waals surface area contributed by atoms with Crippen LogP contribution in [0.5, 0.6) is 11.5 Å². The van der Waals surface area contributed by atoms with Gasteiger partial charge in [0.05, 0.1) is 43.1 Å². The van der Waals surface area contributed by atoms with Gasteiger partial charge in [0.25, 0.3) is 5.91 Å². The standard InChI is InChI=1S/C27H31N3O4S/c1-32-23-17-22(29-12-6-7-13-29)24(33-2)15-19(23)16-25-26(31)30(18-21-11-8-14-34-21)27(35-25)28-20-9-4-3-5-10-20/h3-5,9-10,15-17,21H,6-8,11-14,18H2,1-2H3/b25-16+,28-27?/t21-/m1/s1. The van der Waals surface area contributed by atoms with Crippen LogP contribution in [0.25, 0.3) is 6.08 Å². The Balaban J connectivity index is 1.49. The number of anilines is 1. The summed E-state index contributed by atoms with van der Waals surface area (Å²) in [7, 11) is 3.34. The van der Waals surface area contributed by atoms with Crippen molar-refractivity contribution in [2.75, 3.05) is 45.4 Å². The van der Waals surface area contributed by atoms with E-state index in [-0.39, 0.29) is 12.0 Å². The molecule has 2 aromatic carbocycles. The normalized spacial score (nSPS) is 22.6. The fourth-order valence-electron chi connectivity index (χ4n) is 4.72. The molecule has 0 N–H and O–H groups in total. The zero-order valence-electron chi connectivity index (χ0n) is 20.2. The first-order valence-corrected chi connectivity index (χ1v) is 13.0. The lowest BCUT2D eigenvalue weighted by Gasteiger charge is -2.22. The average molecular weight is 494 g/mol. The van der Waals surface area contributed by atoms with Gasteiger partial charge in [0.2, 0.25) is 0 Å². The molecule has 3 aliphatic heterocycles. The Morgan fingerprint density at radius 3 is 2.54 bits per heavy atom. The lowest BCUT2D eigenvalue weighted by Crippen LogP contribution is -2.36. The molecular formula is C27H31N3O4S. The van der Waals surface area contributed by atoms with Crippen LogP contribution in [-0.4, -0.2) is 62.5 Å². The molecule has 0 aromatic heterocycles. The predicted octanol–water partition coefficient (Wildman–Crippen LogP) is 5.09. The molecule has 0 radical (unpaired) electrons. The summed E-state index contributed by atoms with van der Waals surface area (Å²) >= 11 is 1.39. The molecule has 3 aliphatic rings. The summed E-state index contributed by atoms with van der Waals surface area (Å²) in [6.45, 7) is 3.26. The van der Waals surface area contributed by atoms with E-state index in [1.807, 2.05) is 48.5 Å². The number of carbonyl (C=O) groups is 1. The number of amidine groups is 1. The third-order valence-corrected chi connectivity index (χ3v) is 7.55. The minimum atomic E-state index is -0.0650. The Hall–Kier alpha value is -2.97.